The highest BCUT2D eigenvalue weighted by Gasteiger charge is 2.23. The molecule has 1 saturated carbocycles. The minimum absolute atomic E-state index is 0.296. The van der Waals surface area contributed by atoms with E-state index in [9.17, 15) is 0 Å². The van der Waals surface area contributed by atoms with Crippen LogP contribution in [0.3, 0.4) is 0 Å². The van der Waals surface area contributed by atoms with Crippen LogP contribution in [0.25, 0.3) is 0 Å². The van der Waals surface area contributed by atoms with Crippen molar-refractivity contribution in [1.82, 2.24) is 5.32 Å². The van der Waals surface area contributed by atoms with Crippen molar-refractivity contribution in [2.24, 2.45) is 5.92 Å². The van der Waals surface area contributed by atoms with Gasteiger partial charge in [0.25, 0.3) is 0 Å². The molecule has 106 valence electrons. The van der Waals surface area contributed by atoms with Gasteiger partial charge in [0, 0.05) is 21.7 Å². The number of hydrogen-bond donors (Lipinski definition) is 1. The van der Waals surface area contributed by atoms with E-state index in [4.69, 9.17) is 23.2 Å². The number of hydrogen-bond acceptors (Lipinski definition) is 1. The molecule has 0 aliphatic heterocycles. The standard InChI is InChI=1S/C16H23Cl2N/c1-2-10-19-15(11-12-6-3-4-7-12)16-13(17)8-5-9-14(16)18/h5,8-9,12,15,19H,2-4,6-7,10-11H2,1H3. The molecule has 1 atom stereocenters. The zero-order valence-electron chi connectivity index (χ0n) is 11.6. The van der Waals surface area contributed by atoms with Crippen LogP contribution in [-0.4, -0.2) is 6.54 Å². The van der Waals surface area contributed by atoms with Crippen LogP contribution in [0.15, 0.2) is 18.2 Å². The summed E-state index contributed by atoms with van der Waals surface area (Å²) in [6, 6.07) is 6.10. The molecule has 1 aliphatic rings. The van der Waals surface area contributed by atoms with Gasteiger partial charge < -0.3 is 5.32 Å². The van der Waals surface area contributed by atoms with Crippen LogP contribution in [-0.2, 0) is 0 Å². The summed E-state index contributed by atoms with van der Waals surface area (Å²) in [5.74, 6) is 0.821. The molecule has 1 aromatic rings. The van der Waals surface area contributed by atoms with Crippen molar-refractivity contribution >= 4 is 23.2 Å². The third-order valence-electron chi connectivity index (χ3n) is 4.03. The minimum atomic E-state index is 0.296. The highest BCUT2D eigenvalue weighted by Crippen LogP contribution is 2.37. The minimum Gasteiger partial charge on any atom is -0.310 e. The average Bonchev–Trinajstić information content (AvgIpc) is 2.88. The summed E-state index contributed by atoms with van der Waals surface area (Å²) < 4.78 is 0. The summed E-state index contributed by atoms with van der Waals surface area (Å²) >= 11 is 12.7. The van der Waals surface area contributed by atoms with Gasteiger partial charge >= 0.3 is 0 Å². The van der Waals surface area contributed by atoms with Gasteiger partial charge in [-0.3, -0.25) is 0 Å². The first-order valence-corrected chi connectivity index (χ1v) is 8.15. The first-order valence-electron chi connectivity index (χ1n) is 7.39. The van der Waals surface area contributed by atoms with Gasteiger partial charge in [-0.25, -0.2) is 0 Å². The zero-order valence-corrected chi connectivity index (χ0v) is 13.1. The second kappa shape index (κ2) is 7.52. The van der Waals surface area contributed by atoms with Gasteiger partial charge in [-0.15, -0.1) is 0 Å². The summed E-state index contributed by atoms with van der Waals surface area (Å²) in [7, 11) is 0. The van der Waals surface area contributed by atoms with Gasteiger partial charge in [0.05, 0.1) is 0 Å². The fourth-order valence-corrected chi connectivity index (χ4v) is 3.71. The van der Waals surface area contributed by atoms with Crippen LogP contribution in [0.4, 0.5) is 0 Å². The molecule has 0 amide bonds. The van der Waals surface area contributed by atoms with Crippen LogP contribution >= 0.6 is 23.2 Å². The Kier molecular flexibility index (Phi) is 6.00. The SMILES string of the molecule is CCCNC(CC1CCCC1)c1c(Cl)cccc1Cl. The van der Waals surface area contributed by atoms with E-state index in [1.54, 1.807) is 0 Å². The molecule has 1 unspecified atom stereocenters. The number of nitrogens with one attached hydrogen (secondary N) is 1. The van der Waals surface area contributed by atoms with E-state index in [1.807, 2.05) is 18.2 Å². The van der Waals surface area contributed by atoms with Gasteiger partial charge in [-0.2, -0.15) is 0 Å². The summed E-state index contributed by atoms with van der Waals surface area (Å²) in [6.45, 7) is 3.20. The molecule has 0 radical (unpaired) electrons. The lowest BCUT2D eigenvalue weighted by Crippen LogP contribution is -2.24. The lowest BCUT2D eigenvalue weighted by atomic mass is 9.93. The molecule has 1 fully saturated rings. The Morgan fingerprint density at radius 3 is 2.42 bits per heavy atom. The molecule has 0 heterocycles. The molecule has 1 aliphatic carbocycles. The topological polar surface area (TPSA) is 12.0 Å². The lowest BCUT2D eigenvalue weighted by molar-refractivity contribution is 0.395. The molecule has 2 rings (SSSR count). The molecule has 1 nitrogen and oxygen atoms in total. The maximum Gasteiger partial charge on any atom is 0.0468 e. The molecule has 1 aromatic carbocycles. The summed E-state index contributed by atoms with van der Waals surface area (Å²) in [6.07, 6.45) is 7.74. The fraction of sp³-hybridized carbons (Fsp3) is 0.625. The van der Waals surface area contributed by atoms with Crippen molar-refractivity contribution in [3.05, 3.63) is 33.8 Å². The third kappa shape index (κ3) is 4.11. The van der Waals surface area contributed by atoms with E-state index in [2.05, 4.69) is 12.2 Å². The number of halogens is 2. The number of benzene rings is 1. The zero-order chi connectivity index (χ0) is 13.7. The Balaban J connectivity index is 2.15. The fourth-order valence-electron chi connectivity index (χ4n) is 3.04. The predicted molar refractivity (Wildman–Crippen MR) is 84.1 cm³/mol. The van der Waals surface area contributed by atoms with Crippen molar-refractivity contribution < 1.29 is 0 Å². The molecule has 0 bridgehead atoms. The Morgan fingerprint density at radius 2 is 1.84 bits per heavy atom. The monoisotopic (exact) mass is 299 g/mol. The van der Waals surface area contributed by atoms with Crippen molar-refractivity contribution in [3.8, 4) is 0 Å². The predicted octanol–water partition coefficient (Wildman–Crippen LogP) is 5.61. The molecule has 1 N–H and O–H groups in total. The number of rotatable bonds is 6. The summed E-state index contributed by atoms with van der Waals surface area (Å²) in [5, 5.41) is 5.21. The van der Waals surface area contributed by atoms with Crippen molar-refractivity contribution in [2.75, 3.05) is 6.54 Å². The average molecular weight is 300 g/mol. The van der Waals surface area contributed by atoms with E-state index < -0.39 is 0 Å². The van der Waals surface area contributed by atoms with E-state index in [0.717, 1.165) is 40.9 Å². The van der Waals surface area contributed by atoms with Crippen LogP contribution in [0.1, 0.15) is 57.1 Å². The molecule has 19 heavy (non-hydrogen) atoms. The highest BCUT2D eigenvalue weighted by atomic mass is 35.5. The molecular formula is C16H23Cl2N. The second-order valence-corrected chi connectivity index (χ2v) is 6.34. The van der Waals surface area contributed by atoms with Gasteiger partial charge in [-0.1, -0.05) is 61.9 Å². The lowest BCUT2D eigenvalue weighted by Gasteiger charge is -2.24. The van der Waals surface area contributed by atoms with Gasteiger partial charge in [0.15, 0.2) is 0 Å². The van der Waals surface area contributed by atoms with Gasteiger partial charge in [0.1, 0.15) is 0 Å². The second-order valence-electron chi connectivity index (χ2n) is 5.53. The first kappa shape index (κ1) is 15.2. The van der Waals surface area contributed by atoms with Crippen molar-refractivity contribution in [1.29, 1.82) is 0 Å². The normalized spacial score (nSPS) is 17.8. The molecule has 3 heteroatoms. The van der Waals surface area contributed by atoms with Gasteiger partial charge in [0.2, 0.25) is 0 Å². The quantitative estimate of drug-likeness (QED) is 0.719. The highest BCUT2D eigenvalue weighted by molar-refractivity contribution is 6.36. The molecule has 0 aromatic heterocycles. The van der Waals surface area contributed by atoms with Crippen LogP contribution < -0.4 is 5.32 Å². The summed E-state index contributed by atoms with van der Waals surface area (Å²) in [4.78, 5) is 0. The Bertz CT molecular complexity index is 379. The van der Waals surface area contributed by atoms with E-state index >= 15 is 0 Å². The third-order valence-corrected chi connectivity index (χ3v) is 4.69. The largest absolute Gasteiger partial charge is 0.310 e. The smallest absolute Gasteiger partial charge is 0.0468 e. The van der Waals surface area contributed by atoms with E-state index in [1.165, 1.54) is 25.7 Å². The maximum atomic E-state index is 6.36. The van der Waals surface area contributed by atoms with E-state index in [0.29, 0.717) is 6.04 Å². The molecular weight excluding hydrogens is 277 g/mol. The van der Waals surface area contributed by atoms with E-state index in [-0.39, 0.29) is 0 Å². The van der Waals surface area contributed by atoms with Crippen molar-refractivity contribution in [3.63, 3.8) is 0 Å². The van der Waals surface area contributed by atoms with Crippen molar-refractivity contribution in [2.45, 2.75) is 51.5 Å². The van der Waals surface area contributed by atoms with Crippen LogP contribution in [0, 0.1) is 5.92 Å². The Labute approximate surface area is 126 Å². The van der Waals surface area contributed by atoms with Gasteiger partial charge in [-0.05, 0) is 37.4 Å². The Hall–Kier alpha value is -0.240. The van der Waals surface area contributed by atoms with Crippen LogP contribution in [0.2, 0.25) is 10.0 Å². The first-order chi connectivity index (χ1) is 9.22. The Morgan fingerprint density at radius 1 is 1.21 bits per heavy atom. The molecule has 0 saturated heterocycles. The maximum absolute atomic E-state index is 6.36. The van der Waals surface area contributed by atoms with Crippen LogP contribution in [0.5, 0.6) is 0 Å². The molecule has 0 spiro atoms. The summed E-state index contributed by atoms with van der Waals surface area (Å²) in [5.41, 5.74) is 1.09.